The molecule has 170 valence electrons. The molecule has 0 aliphatic carbocycles. The number of para-hydroxylation sites is 1. The molecule has 32 heavy (non-hydrogen) atoms. The third kappa shape index (κ3) is 5.38. The van der Waals surface area contributed by atoms with Crippen molar-refractivity contribution < 1.29 is 9.47 Å². The van der Waals surface area contributed by atoms with Gasteiger partial charge in [-0.25, -0.2) is 4.68 Å². The molecule has 6 nitrogen and oxygen atoms in total. The van der Waals surface area contributed by atoms with Crippen molar-refractivity contribution >= 4 is 0 Å². The third-order valence-electron chi connectivity index (χ3n) is 6.03. The molecule has 2 aromatic carbocycles. The molecule has 1 aliphatic rings. The van der Waals surface area contributed by atoms with Gasteiger partial charge in [-0.05, 0) is 35.7 Å². The molecule has 0 spiro atoms. The summed E-state index contributed by atoms with van der Waals surface area (Å²) in [6, 6.07) is 19.0. The molecule has 1 saturated heterocycles. The molecule has 0 radical (unpaired) electrons. The van der Waals surface area contributed by atoms with Crippen LogP contribution >= 0.6 is 0 Å². The summed E-state index contributed by atoms with van der Waals surface area (Å²) in [5, 5.41) is 8.60. The molecule has 0 amide bonds. The van der Waals surface area contributed by atoms with Crippen molar-refractivity contribution in [2.75, 3.05) is 40.0 Å². The Balaban J connectivity index is 1.49. The van der Waals surface area contributed by atoms with Crippen LogP contribution in [0.15, 0.2) is 60.8 Å². The Morgan fingerprint density at radius 2 is 1.75 bits per heavy atom. The number of ether oxygens (including phenoxy) is 2. The maximum Gasteiger partial charge on any atom is 0.118 e. The molecule has 6 heteroatoms. The minimum atomic E-state index is 0.288. The van der Waals surface area contributed by atoms with Gasteiger partial charge in [-0.1, -0.05) is 44.2 Å². The molecule has 1 aromatic heterocycles. The SMILES string of the molecule is COc1ccc(C(CNCc2cn(-c3ccccc3)nc2C(C)C)N2CCOCC2)cc1. The number of aromatic nitrogens is 2. The molecule has 1 unspecified atom stereocenters. The minimum Gasteiger partial charge on any atom is -0.497 e. The highest BCUT2D eigenvalue weighted by molar-refractivity contribution is 5.33. The Hall–Kier alpha value is -2.67. The second-order valence-corrected chi connectivity index (χ2v) is 8.54. The van der Waals surface area contributed by atoms with Gasteiger partial charge in [0.1, 0.15) is 5.75 Å². The Bertz CT molecular complexity index is 963. The summed E-state index contributed by atoms with van der Waals surface area (Å²) in [5.41, 5.74) is 4.78. The van der Waals surface area contributed by atoms with E-state index in [-0.39, 0.29) is 6.04 Å². The summed E-state index contributed by atoms with van der Waals surface area (Å²) in [7, 11) is 1.71. The summed E-state index contributed by atoms with van der Waals surface area (Å²) in [6.07, 6.45) is 2.16. The van der Waals surface area contributed by atoms with Crippen molar-refractivity contribution in [1.29, 1.82) is 0 Å². The first-order valence-electron chi connectivity index (χ1n) is 11.5. The lowest BCUT2D eigenvalue weighted by Crippen LogP contribution is -2.42. The molecule has 1 atom stereocenters. The van der Waals surface area contributed by atoms with Crippen LogP contribution in [-0.2, 0) is 11.3 Å². The van der Waals surface area contributed by atoms with Gasteiger partial charge in [0.05, 0.1) is 31.7 Å². The smallest absolute Gasteiger partial charge is 0.118 e. The lowest BCUT2D eigenvalue weighted by atomic mass is 10.0. The van der Waals surface area contributed by atoms with Crippen LogP contribution in [0.5, 0.6) is 5.75 Å². The number of benzene rings is 2. The van der Waals surface area contributed by atoms with Gasteiger partial charge in [0.15, 0.2) is 0 Å². The predicted molar refractivity (Wildman–Crippen MR) is 127 cm³/mol. The van der Waals surface area contributed by atoms with Crippen LogP contribution in [-0.4, -0.2) is 54.6 Å². The minimum absolute atomic E-state index is 0.288. The third-order valence-corrected chi connectivity index (χ3v) is 6.03. The van der Waals surface area contributed by atoms with E-state index in [1.165, 1.54) is 11.1 Å². The first-order valence-corrected chi connectivity index (χ1v) is 11.5. The molecular weight excluding hydrogens is 400 g/mol. The zero-order valence-corrected chi connectivity index (χ0v) is 19.3. The maximum atomic E-state index is 5.59. The van der Waals surface area contributed by atoms with Crippen LogP contribution in [0.4, 0.5) is 0 Å². The van der Waals surface area contributed by atoms with E-state index in [2.05, 4.69) is 54.5 Å². The van der Waals surface area contributed by atoms with Gasteiger partial charge in [-0.15, -0.1) is 0 Å². The van der Waals surface area contributed by atoms with E-state index >= 15 is 0 Å². The van der Waals surface area contributed by atoms with Crippen molar-refractivity contribution in [3.05, 3.63) is 77.6 Å². The quantitative estimate of drug-likeness (QED) is 0.548. The highest BCUT2D eigenvalue weighted by atomic mass is 16.5. The van der Waals surface area contributed by atoms with E-state index in [1.54, 1.807) is 7.11 Å². The summed E-state index contributed by atoms with van der Waals surface area (Å²) >= 11 is 0. The average molecular weight is 435 g/mol. The standard InChI is InChI=1S/C26H34N4O2/c1-20(2)26-22(19-30(28-26)23-7-5-4-6-8-23)17-27-18-25(29-13-15-32-16-14-29)21-9-11-24(31-3)12-10-21/h4-12,19-20,25,27H,13-18H2,1-3H3. The Morgan fingerprint density at radius 1 is 1.03 bits per heavy atom. The van der Waals surface area contributed by atoms with E-state index in [0.29, 0.717) is 5.92 Å². The van der Waals surface area contributed by atoms with Crippen molar-refractivity contribution in [2.45, 2.75) is 32.4 Å². The van der Waals surface area contributed by atoms with E-state index in [4.69, 9.17) is 14.6 Å². The molecule has 1 aliphatic heterocycles. The van der Waals surface area contributed by atoms with Gasteiger partial charge in [-0.2, -0.15) is 5.10 Å². The van der Waals surface area contributed by atoms with Crippen LogP contribution in [0.25, 0.3) is 5.69 Å². The number of morpholine rings is 1. The molecule has 1 fully saturated rings. The number of methoxy groups -OCH3 is 1. The molecule has 3 aromatic rings. The number of rotatable bonds is 9. The zero-order valence-electron chi connectivity index (χ0n) is 19.3. The fourth-order valence-electron chi connectivity index (χ4n) is 4.27. The second-order valence-electron chi connectivity index (χ2n) is 8.54. The lowest BCUT2D eigenvalue weighted by Gasteiger charge is -2.35. The number of hydrogen-bond donors (Lipinski definition) is 1. The summed E-state index contributed by atoms with van der Waals surface area (Å²) in [4.78, 5) is 2.51. The van der Waals surface area contributed by atoms with E-state index in [9.17, 15) is 0 Å². The highest BCUT2D eigenvalue weighted by Gasteiger charge is 2.23. The van der Waals surface area contributed by atoms with Gasteiger partial charge in [0.25, 0.3) is 0 Å². The van der Waals surface area contributed by atoms with Crippen LogP contribution in [0.3, 0.4) is 0 Å². The van der Waals surface area contributed by atoms with Crippen LogP contribution in [0, 0.1) is 0 Å². The molecule has 4 rings (SSSR count). The average Bonchev–Trinajstić information content (AvgIpc) is 3.28. The molecule has 0 saturated carbocycles. The number of nitrogens with zero attached hydrogens (tertiary/aromatic N) is 3. The van der Waals surface area contributed by atoms with Crippen LogP contribution < -0.4 is 10.1 Å². The summed E-state index contributed by atoms with van der Waals surface area (Å²) in [5.74, 6) is 1.26. The first kappa shape index (κ1) is 22.5. The molecule has 1 N–H and O–H groups in total. The zero-order chi connectivity index (χ0) is 22.3. The Labute approximate surface area is 191 Å². The van der Waals surface area contributed by atoms with Crippen LogP contribution in [0.2, 0.25) is 0 Å². The van der Waals surface area contributed by atoms with Gasteiger partial charge in [0, 0.05) is 44.0 Å². The largest absolute Gasteiger partial charge is 0.497 e. The van der Waals surface area contributed by atoms with Crippen molar-refractivity contribution in [3.8, 4) is 11.4 Å². The Morgan fingerprint density at radius 3 is 2.41 bits per heavy atom. The van der Waals surface area contributed by atoms with Gasteiger partial charge in [-0.3, -0.25) is 4.90 Å². The van der Waals surface area contributed by atoms with Crippen LogP contribution in [0.1, 0.15) is 42.6 Å². The van der Waals surface area contributed by atoms with Crippen molar-refractivity contribution in [3.63, 3.8) is 0 Å². The van der Waals surface area contributed by atoms with Gasteiger partial charge < -0.3 is 14.8 Å². The monoisotopic (exact) mass is 434 g/mol. The fourth-order valence-corrected chi connectivity index (χ4v) is 4.27. The first-order chi connectivity index (χ1) is 15.7. The normalized spacial score (nSPS) is 15.8. The fraction of sp³-hybridized carbons (Fsp3) is 0.423. The maximum absolute atomic E-state index is 5.59. The topological polar surface area (TPSA) is 51.5 Å². The Kier molecular flexibility index (Phi) is 7.58. The second kappa shape index (κ2) is 10.8. The van der Waals surface area contributed by atoms with Crippen molar-refractivity contribution in [1.82, 2.24) is 20.0 Å². The van der Waals surface area contributed by atoms with E-state index in [0.717, 1.165) is 56.5 Å². The molecule has 2 heterocycles. The molecule has 0 bridgehead atoms. The van der Waals surface area contributed by atoms with Gasteiger partial charge in [0.2, 0.25) is 0 Å². The lowest BCUT2D eigenvalue weighted by molar-refractivity contribution is 0.0161. The number of hydrogen-bond acceptors (Lipinski definition) is 5. The summed E-state index contributed by atoms with van der Waals surface area (Å²) < 4.78 is 12.9. The predicted octanol–water partition coefficient (Wildman–Crippen LogP) is 4.17. The number of nitrogens with one attached hydrogen (secondary N) is 1. The summed E-state index contributed by atoms with van der Waals surface area (Å²) in [6.45, 7) is 9.52. The highest BCUT2D eigenvalue weighted by Crippen LogP contribution is 2.25. The van der Waals surface area contributed by atoms with E-state index in [1.807, 2.05) is 35.0 Å². The van der Waals surface area contributed by atoms with Gasteiger partial charge >= 0.3 is 0 Å². The van der Waals surface area contributed by atoms with Crippen molar-refractivity contribution in [2.24, 2.45) is 0 Å². The molecular formula is C26H34N4O2. The van der Waals surface area contributed by atoms with E-state index < -0.39 is 0 Å².